The zero-order chi connectivity index (χ0) is 30.1. The summed E-state index contributed by atoms with van der Waals surface area (Å²) >= 11 is 5.32. The van der Waals surface area contributed by atoms with Gasteiger partial charge in [-0.2, -0.15) is 0 Å². The molecule has 0 amide bonds. The first-order valence-electron chi connectivity index (χ1n) is 13.0. The van der Waals surface area contributed by atoms with Crippen molar-refractivity contribution in [3.63, 3.8) is 0 Å². The molecule has 5 rings (SSSR count). The summed E-state index contributed by atoms with van der Waals surface area (Å²) in [4.78, 5) is 24.4. The highest BCUT2D eigenvalue weighted by Gasteiger charge is 2.42. The Morgan fingerprint density at radius 2 is 1.76 bits per heavy atom. The normalized spacial score (nSPS) is 22.2. The van der Waals surface area contributed by atoms with Gasteiger partial charge in [0.1, 0.15) is 35.4 Å². The molecule has 2 unspecified atom stereocenters. The highest BCUT2D eigenvalue weighted by atomic mass is 32.1. The first kappa shape index (κ1) is 29.4. The molecule has 2 aliphatic heterocycles. The fourth-order valence-corrected chi connectivity index (χ4v) is 5.05. The van der Waals surface area contributed by atoms with Crippen LogP contribution in [0.25, 0.3) is 33.4 Å². The van der Waals surface area contributed by atoms with Gasteiger partial charge in [0.25, 0.3) is 0 Å². The first-order chi connectivity index (χ1) is 20.0. The molecule has 0 spiro atoms. The lowest BCUT2D eigenvalue weighted by Gasteiger charge is -2.38. The molecule has 1 aliphatic carbocycles. The number of carboxylic acids is 1. The Kier molecular flexibility index (Phi) is 8.41. The number of carboxylic acid groups (broad SMARTS) is 1. The van der Waals surface area contributed by atoms with Gasteiger partial charge in [-0.3, -0.25) is 4.79 Å². The highest BCUT2D eigenvalue weighted by molar-refractivity contribution is 7.80. The largest absolute Gasteiger partial charge is 0.508 e. The number of nitrogens with one attached hydrogen (secondary N) is 2. The summed E-state index contributed by atoms with van der Waals surface area (Å²) in [6.07, 6.45) is -5.92. The van der Waals surface area contributed by atoms with Gasteiger partial charge in [0.2, 0.25) is 0 Å². The molecule has 220 valence electrons. The van der Waals surface area contributed by atoms with Crippen LogP contribution in [0.3, 0.4) is 0 Å². The van der Waals surface area contributed by atoms with Gasteiger partial charge >= 0.3 is 5.97 Å². The summed E-state index contributed by atoms with van der Waals surface area (Å²) in [5, 5.41) is 56.4. The molecule has 3 aliphatic rings. The van der Waals surface area contributed by atoms with Crippen LogP contribution in [-0.4, -0.2) is 80.5 Å². The quantitative estimate of drug-likeness (QED) is 0.0933. The van der Waals surface area contributed by atoms with Crippen molar-refractivity contribution in [2.75, 3.05) is 18.5 Å². The average molecular weight is 597 g/mol. The predicted molar refractivity (Wildman–Crippen MR) is 156 cm³/mol. The van der Waals surface area contributed by atoms with Crippen LogP contribution >= 0.6 is 12.2 Å². The molecule has 5 atom stereocenters. The summed E-state index contributed by atoms with van der Waals surface area (Å²) in [7, 11) is 0. The second-order valence-corrected chi connectivity index (χ2v) is 10.2. The highest BCUT2D eigenvalue weighted by Crippen LogP contribution is 2.42. The van der Waals surface area contributed by atoms with E-state index >= 15 is 0 Å². The van der Waals surface area contributed by atoms with Crippen LogP contribution in [0.2, 0.25) is 0 Å². The van der Waals surface area contributed by atoms with Gasteiger partial charge in [-0.15, -0.1) is 0 Å². The third-order valence-electron chi connectivity index (χ3n) is 6.93. The number of anilines is 1. The van der Waals surface area contributed by atoms with Crippen molar-refractivity contribution in [2.45, 2.75) is 37.6 Å². The Hall–Kier alpha value is -4.11. The van der Waals surface area contributed by atoms with Gasteiger partial charge in [-0.1, -0.05) is 6.07 Å². The van der Waals surface area contributed by atoms with Gasteiger partial charge in [0, 0.05) is 40.9 Å². The molecule has 13 heteroatoms. The van der Waals surface area contributed by atoms with Crippen LogP contribution in [0.15, 0.2) is 63.8 Å². The number of fused-ring (bicyclic) bond motifs is 2. The second-order valence-electron chi connectivity index (χ2n) is 9.81. The van der Waals surface area contributed by atoms with Crippen molar-refractivity contribution >= 4 is 40.0 Å². The number of hydrogen-bond acceptors (Lipinski definition) is 10. The Morgan fingerprint density at radius 3 is 2.52 bits per heavy atom. The monoisotopic (exact) mass is 596 g/mol. The molecule has 1 saturated heterocycles. The Bertz CT molecular complexity index is 1670. The fraction of sp³-hybridized carbons (Fsp3) is 0.276. The van der Waals surface area contributed by atoms with E-state index in [9.17, 15) is 35.1 Å². The molecular formula is C29H28N2O10S. The maximum atomic E-state index is 12.4. The number of hydrogen-bond donors (Lipinski definition) is 7. The van der Waals surface area contributed by atoms with Crippen molar-refractivity contribution in [1.82, 2.24) is 5.32 Å². The zero-order valence-electron chi connectivity index (χ0n) is 22.2. The van der Waals surface area contributed by atoms with Gasteiger partial charge < -0.3 is 50.1 Å². The number of phenols is 1. The molecule has 12 nitrogen and oxygen atoms in total. The average Bonchev–Trinajstić information content (AvgIpc) is 2.95. The van der Waals surface area contributed by atoms with Crippen LogP contribution in [0.5, 0.6) is 5.75 Å². The van der Waals surface area contributed by atoms with E-state index in [0.717, 1.165) is 0 Å². The molecular weight excluding hydrogens is 568 g/mol. The van der Waals surface area contributed by atoms with Gasteiger partial charge in [0.15, 0.2) is 16.8 Å². The van der Waals surface area contributed by atoms with Crippen LogP contribution in [0.1, 0.15) is 17.3 Å². The van der Waals surface area contributed by atoms with Crippen molar-refractivity contribution in [3.05, 3.63) is 70.4 Å². The molecule has 0 radical (unpaired) electrons. The number of benzene rings is 3. The molecule has 2 heterocycles. The van der Waals surface area contributed by atoms with E-state index in [1.165, 1.54) is 30.3 Å². The third kappa shape index (κ3) is 5.92. The van der Waals surface area contributed by atoms with Crippen molar-refractivity contribution in [1.29, 1.82) is 0 Å². The lowest BCUT2D eigenvalue weighted by atomic mass is 9.90. The number of aromatic carboxylic acids is 1. The van der Waals surface area contributed by atoms with Crippen molar-refractivity contribution in [2.24, 2.45) is 0 Å². The minimum Gasteiger partial charge on any atom is -0.508 e. The van der Waals surface area contributed by atoms with Gasteiger partial charge in [-0.05, 0) is 61.1 Å². The molecule has 42 heavy (non-hydrogen) atoms. The molecule has 2 aromatic carbocycles. The van der Waals surface area contributed by atoms with Crippen LogP contribution in [0, 0.1) is 0 Å². The van der Waals surface area contributed by atoms with E-state index in [4.69, 9.17) is 26.1 Å². The molecule has 0 bridgehead atoms. The number of phenolic OH excluding ortho intramolecular Hbond substituents is 1. The van der Waals surface area contributed by atoms with E-state index in [0.29, 0.717) is 27.8 Å². The summed E-state index contributed by atoms with van der Waals surface area (Å²) in [5.41, 5.74) is 1.75. The summed E-state index contributed by atoms with van der Waals surface area (Å²) in [5.74, 6) is -1.00. The van der Waals surface area contributed by atoms with E-state index in [2.05, 4.69) is 10.6 Å². The maximum Gasteiger partial charge on any atom is 0.336 e. The Morgan fingerprint density at radius 1 is 1.00 bits per heavy atom. The summed E-state index contributed by atoms with van der Waals surface area (Å²) < 4.78 is 16.7. The number of aliphatic hydroxyl groups excluding tert-OH is 3. The maximum absolute atomic E-state index is 12.4. The zero-order valence-corrected chi connectivity index (χ0v) is 23.0. The summed E-state index contributed by atoms with van der Waals surface area (Å²) in [6, 6.07) is 13.4. The number of carbonyl (C=O) groups is 1. The van der Waals surface area contributed by atoms with Crippen LogP contribution in [-0.2, 0) is 9.47 Å². The lowest BCUT2D eigenvalue weighted by Crippen LogP contribution is -2.57. The summed E-state index contributed by atoms with van der Waals surface area (Å²) in [6.45, 7) is 1.78. The number of rotatable bonds is 7. The van der Waals surface area contributed by atoms with Gasteiger partial charge in [-0.25, -0.2) is 4.79 Å². The van der Waals surface area contributed by atoms with E-state index in [1.54, 1.807) is 31.2 Å². The molecule has 7 N–H and O–H groups in total. The number of thiocarbonyl (C=S) groups is 1. The van der Waals surface area contributed by atoms with Crippen molar-refractivity contribution in [3.8, 4) is 28.2 Å². The van der Waals surface area contributed by atoms with E-state index < -0.39 is 36.7 Å². The first-order valence-corrected chi connectivity index (χ1v) is 13.4. The van der Waals surface area contributed by atoms with E-state index in [-0.39, 0.29) is 46.3 Å². The SMILES string of the molecule is CC1O[C@@H](OCCNC(=S)Nc2ccc(-c3c4ccc(=O)cc-4oc4cc(O)ccc34)c(C(=O)O)c2)[C@@H](O)C(O)[C@@H]1O. The predicted octanol–water partition coefficient (Wildman–Crippen LogP) is 2.10. The lowest BCUT2D eigenvalue weighted by molar-refractivity contribution is -0.292. The molecule has 2 aromatic rings. The van der Waals surface area contributed by atoms with Crippen LogP contribution < -0.4 is 16.1 Å². The molecule has 0 saturated carbocycles. The Labute approximate surface area is 244 Å². The number of aromatic hydroxyl groups is 1. The number of ether oxygens (including phenoxy) is 2. The topological polar surface area (TPSA) is 191 Å². The standard InChI is InChI=1S/C29H28N2O10S/c1-13-24(34)25(35)26(36)28(40-13)39-9-8-30-29(42)31-14-2-5-17(20(10-14)27(37)38)23-18-6-3-15(32)11-21(18)41-22-12-16(33)4-7-19(22)23/h2-7,10-13,24-26,28,32,34-36H,8-9H2,1H3,(H,37,38)(H2,30,31,42)/t13?,24-,25?,26+,28-/m1/s1. The second kappa shape index (κ2) is 12.0. The van der Waals surface area contributed by atoms with Crippen LogP contribution in [0.4, 0.5) is 5.69 Å². The van der Waals surface area contributed by atoms with Crippen molar-refractivity contribution < 1.29 is 44.2 Å². The fourth-order valence-electron chi connectivity index (χ4n) is 4.83. The van der Waals surface area contributed by atoms with Gasteiger partial charge in [0.05, 0.1) is 18.3 Å². The molecule has 1 fully saturated rings. The minimum atomic E-state index is -1.42. The minimum absolute atomic E-state index is 0.0399. The smallest absolute Gasteiger partial charge is 0.336 e. The van der Waals surface area contributed by atoms with E-state index in [1.807, 2.05) is 0 Å². The Balaban J connectivity index is 1.33. The molecule has 0 aromatic heterocycles. The number of aliphatic hydroxyl groups is 3. The third-order valence-corrected chi connectivity index (χ3v) is 7.18.